The van der Waals surface area contributed by atoms with Gasteiger partial charge in [-0.2, -0.15) is 0 Å². The average Bonchev–Trinajstić information content (AvgIpc) is 2.04. The Morgan fingerprint density at radius 2 is 2.23 bits per heavy atom. The molecule has 0 radical (unpaired) electrons. The summed E-state index contributed by atoms with van der Waals surface area (Å²) in [6.45, 7) is 5.28. The lowest BCUT2D eigenvalue weighted by atomic mass is 9.90. The van der Waals surface area contributed by atoms with Crippen LogP contribution in [0, 0.1) is 0 Å². The molecule has 1 nitrogen and oxygen atoms in total. The highest BCUT2D eigenvalue weighted by Crippen LogP contribution is 2.32. The summed E-state index contributed by atoms with van der Waals surface area (Å²) < 4.78 is 5.80. The molecule has 0 aromatic heterocycles. The molecule has 2 heteroatoms. The van der Waals surface area contributed by atoms with E-state index in [9.17, 15) is 0 Å². The van der Waals surface area contributed by atoms with E-state index in [1.165, 1.54) is 25.7 Å². The molecule has 2 unspecified atom stereocenters. The zero-order valence-corrected chi connectivity index (χ0v) is 9.57. The van der Waals surface area contributed by atoms with Crippen molar-refractivity contribution >= 4 is 11.6 Å². The van der Waals surface area contributed by atoms with Crippen LogP contribution in [0.25, 0.3) is 0 Å². The van der Waals surface area contributed by atoms with Crippen molar-refractivity contribution in [1.29, 1.82) is 0 Å². The van der Waals surface area contributed by atoms with Crippen molar-refractivity contribution in [2.75, 3.05) is 6.61 Å². The van der Waals surface area contributed by atoms with E-state index in [4.69, 9.17) is 16.3 Å². The van der Waals surface area contributed by atoms with Crippen molar-refractivity contribution in [3.63, 3.8) is 0 Å². The number of hydrogen-bond donors (Lipinski definition) is 0. The molecule has 0 aromatic rings. The van der Waals surface area contributed by atoms with Crippen LogP contribution >= 0.6 is 11.6 Å². The minimum absolute atomic E-state index is 0.0693. The molecule has 0 bridgehead atoms. The van der Waals surface area contributed by atoms with Gasteiger partial charge in [0.15, 0.2) is 0 Å². The first kappa shape index (κ1) is 11.3. The standard InChI is InChI=1S/C11H21ClO/c1-3-4-5-7-11(2)9-10(12)6-8-13-11/h10H,3-9H2,1-2H3. The Labute approximate surface area is 86.8 Å². The summed E-state index contributed by atoms with van der Waals surface area (Å²) in [7, 11) is 0. The van der Waals surface area contributed by atoms with Crippen molar-refractivity contribution in [1.82, 2.24) is 0 Å². The van der Waals surface area contributed by atoms with Gasteiger partial charge in [0.05, 0.1) is 5.60 Å². The minimum Gasteiger partial charge on any atom is -0.375 e. The topological polar surface area (TPSA) is 9.23 Å². The second kappa shape index (κ2) is 5.21. The normalized spacial score (nSPS) is 34.8. The van der Waals surface area contributed by atoms with Gasteiger partial charge in [0, 0.05) is 12.0 Å². The third-order valence-electron chi connectivity index (χ3n) is 2.84. The first-order valence-corrected chi connectivity index (χ1v) is 5.88. The molecule has 1 aliphatic heterocycles. The Kier molecular flexibility index (Phi) is 4.54. The Bertz CT molecular complexity index is 149. The van der Waals surface area contributed by atoms with Crippen molar-refractivity contribution in [2.45, 2.75) is 63.4 Å². The zero-order valence-electron chi connectivity index (χ0n) is 8.81. The second-order valence-corrected chi connectivity index (χ2v) is 4.96. The lowest BCUT2D eigenvalue weighted by molar-refractivity contribution is -0.0696. The Hall–Kier alpha value is 0.250. The van der Waals surface area contributed by atoms with E-state index in [0.717, 1.165) is 19.4 Å². The van der Waals surface area contributed by atoms with Crippen LogP contribution in [0.3, 0.4) is 0 Å². The van der Waals surface area contributed by atoms with Crippen LogP contribution < -0.4 is 0 Å². The molecule has 13 heavy (non-hydrogen) atoms. The Balaban J connectivity index is 2.27. The van der Waals surface area contributed by atoms with Gasteiger partial charge in [-0.05, 0) is 26.2 Å². The molecule has 78 valence electrons. The van der Waals surface area contributed by atoms with Crippen LogP contribution in [0.4, 0.5) is 0 Å². The number of unbranched alkanes of at least 4 members (excludes halogenated alkanes) is 2. The molecular weight excluding hydrogens is 184 g/mol. The highest BCUT2D eigenvalue weighted by molar-refractivity contribution is 6.20. The number of hydrogen-bond acceptors (Lipinski definition) is 1. The third kappa shape index (κ3) is 3.86. The number of ether oxygens (including phenoxy) is 1. The van der Waals surface area contributed by atoms with Crippen molar-refractivity contribution in [3.05, 3.63) is 0 Å². The van der Waals surface area contributed by atoms with Crippen molar-refractivity contribution < 1.29 is 4.74 Å². The molecule has 1 saturated heterocycles. The fourth-order valence-corrected chi connectivity index (χ4v) is 2.40. The number of alkyl halides is 1. The highest BCUT2D eigenvalue weighted by Gasteiger charge is 2.31. The predicted octanol–water partition coefficient (Wildman–Crippen LogP) is 3.74. The van der Waals surface area contributed by atoms with E-state index >= 15 is 0 Å². The van der Waals surface area contributed by atoms with E-state index in [2.05, 4.69) is 13.8 Å². The van der Waals surface area contributed by atoms with E-state index < -0.39 is 0 Å². The van der Waals surface area contributed by atoms with Crippen LogP contribution in [-0.4, -0.2) is 17.6 Å². The van der Waals surface area contributed by atoms with Crippen molar-refractivity contribution in [3.8, 4) is 0 Å². The first-order valence-electron chi connectivity index (χ1n) is 5.44. The fraction of sp³-hybridized carbons (Fsp3) is 1.00. The molecule has 1 fully saturated rings. The van der Waals surface area contributed by atoms with Gasteiger partial charge in [0.1, 0.15) is 0 Å². The lowest BCUT2D eigenvalue weighted by Gasteiger charge is -2.36. The molecule has 2 atom stereocenters. The molecule has 1 aliphatic rings. The molecule has 1 rings (SSSR count). The van der Waals surface area contributed by atoms with Crippen molar-refractivity contribution in [2.24, 2.45) is 0 Å². The second-order valence-electron chi connectivity index (χ2n) is 4.35. The van der Waals surface area contributed by atoms with Crippen LogP contribution in [0.2, 0.25) is 0 Å². The Morgan fingerprint density at radius 1 is 1.46 bits per heavy atom. The van der Waals surface area contributed by atoms with Gasteiger partial charge in [0.25, 0.3) is 0 Å². The van der Waals surface area contributed by atoms with Gasteiger partial charge in [-0.15, -0.1) is 11.6 Å². The average molecular weight is 205 g/mol. The van der Waals surface area contributed by atoms with Gasteiger partial charge in [0.2, 0.25) is 0 Å². The predicted molar refractivity (Wildman–Crippen MR) is 57.4 cm³/mol. The molecule has 0 saturated carbocycles. The summed E-state index contributed by atoms with van der Waals surface area (Å²) in [6.07, 6.45) is 7.08. The minimum atomic E-state index is 0.0693. The highest BCUT2D eigenvalue weighted by atomic mass is 35.5. The summed E-state index contributed by atoms with van der Waals surface area (Å²) in [5, 5.41) is 0.334. The molecular formula is C11H21ClO. The van der Waals surface area contributed by atoms with Gasteiger partial charge < -0.3 is 4.74 Å². The molecule has 1 heterocycles. The number of halogens is 1. The molecule has 0 aliphatic carbocycles. The quantitative estimate of drug-likeness (QED) is 0.501. The summed E-state index contributed by atoms with van der Waals surface area (Å²) in [5.74, 6) is 0. The molecule has 0 spiro atoms. The van der Waals surface area contributed by atoms with E-state index in [1.807, 2.05) is 0 Å². The largest absolute Gasteiger partial charge is 0.375 e. The van der Waals surface area contributed by atoms with Crippen LogP contribution in [0.5, 0.6) is 0 Å². The summed E-state index contributed by atoms with van der Waals surface area (Å²) >= 11 is 6.13. The van der Waals surface area contributed by atoms with Gasteiger partial charge in [-0.1, -0.05) is 26.2 Å². The van der Waals surface area contributed by atoms with Gasteiger partial charge >= 0.3 is 0 Å². The number of rotatable bonds is 4. The first-order chi connectivity index (χ1) is 6.16. The van der Waals surface area contributed by atoms with Crippen LogP contribution in [-0.2, 0) is 4.74 Å². The summed E-state index contributed by atoms with van der Waals surface area (Å²) in [5.41, 5.74) is 0.0693. The Morgan fingerprint density at radius 3 is 2.85 bits per heavy atom. The maximum Gasteiger partial charge on any atom is 0.0668 e. The van der Waals surface area contributed by atoms with E-state index in [1.54, 1.807) is 0 Å². The lowest BCUT2D eigenvalue weighted by Crippen LogP contribution is -2.37. The molecule has 0 N–H and O–H groups in total. The maximum atomic E-state index is 6.13. The maximum absolute atomic E-state index is 6.13. The summed E-state index contributed by atoms with van der Waals surface area (Å²) in [4.78, 5) is 0. The van der Waals surface area contributed by atoms with E-state index in [-0.39, 0.29) is 5.60 Å². The smallest absolute Gasteiger partial charge is 0.0668 e. The molecule has 0 amide bonds. The monoisotopic (exact) mass is 204 g/mol. The van der Waals surface area contributed by atoms with Gasteiger partial charge in [-0.3, -0.25) is 0 Å². The van der Waals surface area contributed by atoms with Crippen LogP contribution in [0.15, 0.2) is 0 Å². The fourth-order valence-electron chi connectivity index (χ4n) is 1.99. The third-order valence-corrected chi connectivity index (χ3v) is 3.22. The van der Waals surface area contributed by atoms with Gasteiger partial charge in [-0.25, -0.2) is 0 Å². The molecule has 0 aromatic carbocycles. The van der Waals surface area contributed by atoms with Crippen LogP contribution in [0.1, 0.15) is 52.4 Å². The van der Waals surface area contributed by atoms with E-state index in [0.29, 0.717) is 5.38 Å². The SMILES string of the molecule is CCCCCC1(C)CC(Cl)CCO1. The summed E-state index contributed by atoms with van der Waals surface area (Å²) in [6, 6.07) is 0. The zero-order chi connectivity index (χ0) is 9.73.